The Kier molecular flexibility index (Phi) is 4.30. The molecule has 0 radical (unpaired) electrons. The molecule has 0 spiro atoms. The predicted molar refractivity (Wildman–Crippen MR) is 60.5 cm³/mol. The van der Waals surface area contributed by atoms with Crippen molar-refractivity contribution in [1.29, 1.82) is 0 Å². The summed E-state index contributed by atoms with van der Waals surface area (Å²) >= 11 is 0. The number of ether oxygens (including phenoxy) is 1. The van der Waals surface area contributed by atoms with Gasteiger partial charge in [-0.25, -0.2) is 4.98 Å². The molecular formula is C10H18N4O. The summed E-state index contributed by atoms with van der Waals surface area (Å²) in [6, 6.07) is 1.81. The predicted octanol–water partition coefficient (Wildman–Crippen LogP) is 0.449. The average Bonchev–Trinajstić information content (AvgIpc) is 2.24. The van der Waals surface area contributed by atoms with Crippen LogP contribution in [0.4, 0.5) is 5.95 Å². The van der Waals surface area contributed by atoms with Crippen LogP contribution >= 0.6 is 0 Å². The number of likely N-dealkylation sites (N-methyl/N-ethyl adjacent to an activating group) is 2. The molecule has 0 aliphatic heterocycles. The number of methoxy groups -OCH3 is 1. The Morgan fingerprint density at radius 2 is 2.20 bits per heavy atom. The van der Waals surface area contributed by atoms with E-state index >= 15 is 0 Å². The molecule has 1 N–H and O–H groups in total. The van der Waals surface area contributed by atoms with Gasteiger partial charge < -0.3 is 15.0 Å². The van der Waals surface area contributed by atoms with Gasteiger partial charge in [0.2, 0.25) is 11.8 Å². The van der Waals surface area contributed by atoms with E-state index in [1.807, 2.05) is 32.0 Å². The van der Waals surface area contributed by atoms with Crippen LogP contribution in [0.1, 0.15) is 5.69 Å². The van der Waals surface area contributed by atoms with Crippen LogP contribution in [0, 0.1) is 6.92 Å². The van der Waals surface area contributed by atoms with Crippen molar-refractivity contribution in [2.24, 2.45) is 0 Å². The number of nitrogens with one attached hydrogen (secondary N) is 1. The van der Waals surface area contributed by atoms with E-state index in [4.69, 9.17) is 4.74 Å². The lowest BCUT2D eigenvalue weighted by Gasteiger charge is -2.17. The first-order chi connectivity index (χ1) is 7.17. The Bertz CT molecular complexity index is 316. The number of hydrogen-bond acceptors (Lipinski definition) is 5. The minimum absolute atomic E-state index is 0.605. The van der Waals surface area contributed by atoms with Crippen LogP contribution in [0.2, 0.25) is 0 Å². The molecule has 5 heteroatoms. The van der Waals surface area contributed by atoms with Crippen LogP contribution in [-0.2, 0) is 0 Å². The highest BCUT2D eigenvalue weighted by Crippen LogP contribution is 2.13. The number of hydrogen-bond donors (Lipinski definition) is 1. The Balaban J connectivity index is 2.78. The summed E-state index contributed by atoms with van der Waals surface area (Å²) in [5.41, 5.74) is 0.910. The molecule has 0 amide bonds. The summed E-state index contributed by atoms with van der Waals surface area (Å²) in [6.07, 6.45) is 0. The molecule has 0 fully saturated rings. The summed E-state index contributed by atoms with van der Waals surface area (Å²) in [7, 11) is 5.50. The van der Waals surface area contributed by atoms with Crippen LogP contribution in [0.25, 0.3) is 0 Å². The van der Waals surface area contributed by atoms with Crippen molar-refractivity contribution in [2.75, 3.05) is 39.2 Å². The van der Waals surface area contributed by atoms with Gasteiger partial charge in [0.1, 0.15) is 0 Å². The maximum atomic E-state index is 5.10. The van der Waals surface area contributed by atoms with Crippen LogP contribution in [0.5, 0.6) is 5.88 Å². The second kappa shape index (κ2) is 5.50. The molecule has 0 saturated heterocycles. The molecule has 0 aromatic carbocycles. The molecule has 0 unspecified atom stereocenters. The van der Waals surface area contributed by atoms with Gasteiger partial charge >= 0.3 is 0 Å². The Hall–Kier alpha value is -1.36. The van der Waals surface area contributed by atoms with Gasteiger partial charge in [-0.05, 0) is 14.0 Å². The molecule has 1 heterocycles. The topological polar surface area (TPSA) is 50.3 Å². The number of rotatable bonds is 5. The fourth-order valence-electron chi connectivity index (χ4n) is 1.18. The van der Waals surface area contributed by atoms with Crippen molar-refractivity contribution in [1.82, 2.24) is 15.3 Å². The van der Waals surface area contributed by atoms with Gasteiger partial charge in [-0.3, -0.25) is 0 Å². The van der Waals surface area contributed by atoms with E-state index in [-0.39, 0.29) is 0 Å². The van der Waals surface area contributed by atoms with Crippen LogP contribution < -0.4 is 15.0 Å². The maximum Gasteiger partial charge on any atom is 0.228 e. The second-order valence-electron chi connectivity index (χ2n) is 3.38. The zero-order valence-corrected chi connectivity index (χ0v) is 9.74. The largest absolute Gasteiger partial charge is 0.481 e. The number of aryl methyl sites for hydroxylation is 1. The Morgan fingerprint density at radius 3 is 2.80 bits per heavy atom. The molecule has 0 aliphatic carbocycles. The van der Waals surface area contributed by atoms with E-state index in [2.05, 4.69) is 15.3 Å². The molecule has 0 aliphatic rings. The SMILES string of the molecule is CNCCN(C)c1nc(C)cc(OC)n1. The third-order valence-electron chi connectivity index (χ3n) is 2.07. The van der Waals surface area contributed by atoms with E-state index in [1.54, 1.807) is 7.11 Å². The second-order valence-corrected chi connectivity index (χ2v) is 3.38. The molecule has 0 atom stereocenters. The zero-order chi connectivity index (χ0) is 11.3. The third kappa shape index (κ3) is 3.36. The van der Waals surface area contributed by atoms with Crippen molar-refractivity contribution >= 4 is 5.95 Å². The average molecular weight is 210 g/mol. The van der Waals surface area contributed by atoms with Crippen molar-refractivity contribution in [3.05, 3.63) is 11.8 Å². The van der Waals surface area contributed by atoms with Gasteiger partial charge in [-0.1, -0.05) is 0 Å². The van der Waals surface area contributed by atoms with E-state index < -0.39 is 0 Å². The highest BCUT2D eigenvalue weighted by molar-refractivity contribution is 5.33. The van der Waals surface area contributed by atoms with Gasteiger partial charge in [0.05, 0.1) is 7.11 Å². The van der Waals surface area contributed by atoms with Crippen molar-refractivity contribution in [3.63, 3.8) is 0 Å². The molecule has 1 aromatic rings. The quantitative estimate of drug-likeness (QED) is 0.764. The lowest BCUT2D eigenvalue weighted by Crippen LogP contribution is -2.28. The Morgan fingerprint density at radius 1 is 1.47 bits per heavy atom. The third-order valence-corrected chi connectivity index (χ3v) is 2.07. The smallest absolute Gasteiger partial charge is 0.228 e. The monoisotopic (exact) mass is 210 g/mol. The van der Waals surface area contributed by atoms with Gasteiger partial charge in [-0.15, -0.1) is 0 Å². The minimum Gasteiger partial charge on any atom is -0.481 e. The highest BCUT2D eigenvalue weighted by Gasteiger charge is 2.06. The fourth-order valence-corrected chi connectivity index (χ4v) is 1.18. The standard InChI is InChI=1S/C10H18N4O/c1-8-7-9(15-4)13-10(12-8)14(3)6-5-11-2/h7,11H,5-6H2,1-4H3. The lowest BCUT2D eigenvalue weighted by molar-refractivity contribution is 0.396. The van der Waals surface area contributed by atoms with Crippen molar-refractivity contribution < 1.29 is 4.74 Å². The molecule has 5 nitrogen and oxygen atoms in total. The molecule has 0 saturated carbocycles. The summed E-state index contributed by atoms with van der Waals surface area (Å²) in [6.45, 7) is 3.69. The van der Waals surface area contributed by atoms with Crippen LogP contribution in [0.15, 0.2) is 6.07 Å². The first-order valence-corrected chi connectivity index (χ1v) is 4.92. The van der Waals surface area contributed by atoms with E-state index in [1.165, 1.54) is 0 Å². The maximum absolute atomic E-state index is 5.10. The molecule has 15 heavy (non-hydrogen) atoms. The molecular weight excluding hydrogens is 192 g/mol. The number of anilines is 1. The Labute approximate surface area is 90.5 Å². The molecule has 1 rings (SSSR count). The molecule has 84 valence electrons. The minimum atomic E-state index is 0.605. The summed E-state index contributed by atoms with van der Waals surface area (Å²) in [4.78, 5) is 10.6. The lowest BCUT2D eigenvalue weighted by atomic mass is 10.4. The van der Waals surface area contributed by atoms with Crippen LogP contribution in [-0.4, -0.2) is 44.3 Å². The summed E-state index contributed by atoms with van der Waals surface area (Å²) in [5, 5.41) is 3.08. The normalized spacial score (nSPS) is 10.1. The molecule has 1 aromatic heterocycles. The molecule has 0 bridgehead atoms. The van der Waals surface area contributed by atoms with Crippen molar-refractivity contribution in [2.45, 2.75) is 6.92 Å². The fraction of sp³-hybridized carbons (Fsp3) is 0.600. The summed E-state index contributed by atoms with van der Waals surface area (Å²) < 4.78 is 5.10. The highest BCUT2D eigenvalue weighted by atomic mass is 16.5. The first kappa shape index (κ1) is 11.7. The van der Waals surface area contributed by atoms with E-state index in [0.717, 1.165) is 18.8 Å². The number of aromatic nitrogens is 2. The van der Waals surface area contributed by atoms with E-state index in [9.17, 15) is 0 Å². The first-order valence-electron chi connectivity index (χ1n) is 4.92. The zero-order valence-electron chi connectivity index (χ0n) is 9.74. The van der Waals surface area contributed by atoms with E-state index in [0.29, 0.717) is 11.8 Å². The van der Waals surface area contributed by atoms with Crippen molar-refractivity contribution in [3.8, 4) is 5.88 Å². The van der Waals surface area contributed by atoms with Gasteiger partial charge in [0.15, 0.2) is 0 Å². The van der Waals surface area contributed by atoms with Crippen LogP contribution in [0.3, 0.4) is 0 Å². The number of nitrogens with zero attached hydrogens (tertiary/aromatic N) is 3. The summed E-state index contributed by atoms with van der Waals surface area (Å²) in [5.74, 6) is 1.30. The van der Waals surface area contributed by atoms with Gasteiger partial charge in [0, 0.05) is 31.9 Å². The van der Waals surface area contributed by atoms with Gasteiger partial charge in [0.25, 0.3) is 0 Å². The van der Waals surface area contributed by atoms with Gasteiger partial charge in [-0.2, -0.15) is 4.98 Å².